The van der Waals surface area contributed by atoms with Crippen molar-refractivity contribution in [3.63, 3.8) is 0 Å². The van der Waals surface area contributed by atoms with Crippen molar-refractivity contribution in [2.24, 2.45) is 0 Å². The Morgan fingerprint density at radius 2 is 1.58 bits per heavy atom. The largest absolute Gasteiger partial charge is 0.503 e. The fourth-order valence-electron chi connectivity index (χ4n) is 3.92. The Morgan fingerprint density at radius 1 is 0.939 bits per heavy atom. The van der Waals surface area contributed by atoms with E-state index < -0.39 is 35.1 Å². The lowest BCUT2D eigenvalue weighted by Gasteiger charge is -2.26. The minimum Gasteiger partial charge on any atom is -0.503 e. The number of anilines is 1. The molecule has 33 heavy (non-hydrogen) atoms. The molecule has 4 aromatic rings. The van der Waals surface area contributed by atoms with Crippen molar-refractivity contribution in [2.75, 3.05) is 4.90 Å². The van der Waals surface area contributed by atoms with Crippen LogP contribution >= 0.6 is 15.9 Å². The molecule has 0 saturated carbocycles. The summed E-state index contributed by atoms with van der Waals surface area (Å²) >= 11 is 3.36. The molecule has 0 radical (unpaired) electrons. The minimum absolute atomic E-state index is 0.0643. The van der Waals surface area contributed by atoms with E-state index in [0.717, 1.165) is 16.6 Å². The first-order valence-electron chi connectivity index (χ1n) is 9.85. The SMILES string of the molecule is O=C(C1=C(O)C(=O)N(c2ccc(F)cc2)C1c1ccc(F)cc1)c1cc2cc(Br)ccc2o1. The van der Waals surface area contributed by atoms with Gasteiger partial charge in [-0.1, -0.05) is 28.1 Å². The minimum atomic E-state index is -1.07. The lowest BCUT2D eigenvalue weighted by Crippen LogP contribution is -2.31. The molecule has 5 rings (SSSR count). The number of aliphatic hydroxyl groups is 1. The van der Waals surface area contributed by atoms with Crippen LogP contribution in [0.4, 0.5) is 14.5 Å². The van der Waals surface area contributed by atoms with Crippen LogP contribution in [0.1, 0.15) is 22.2 Å². The molecule has 0 saturated heterocycles. The van der Waals surface area contributed by atoms with Gasteiger partial charge in [0, 0.05) is 15.5 Å². The van der Waals surface area contributed by atoms with Gasteiger partial charge in [0.05, 0.1) is 11.6 Å². The molecule has 0 bridgehead atoms. The highest BCUT2D eigenvalue weighted by Crippen LogP contribution is 2.42. The summed E-state index contributed by atoms with van der Waals surface area (Å²) in [5, 5.41) is 11.4. The third-order valence-corrected chi connectivity index (χ3v) is 5.94. The summed E-state index contributed by atoms with van der Waals surface area (Å²) in [5.74, 6) is -3.35. The predicted octanol–water partition coefficient (Wildman–Crippen LogP) is 6.26. The van der Waals surface area contributed by atoms with Crippen molar-refractivity contribution in [3.8, 4) is 0 Å². The smallest absolute Gasteiger partial charge is 0.294 e. The first kappa shape index (κ1) is 21.1. The maximum Gasteiger partial charge on any atom is 0.294 e. The summed E-state index contributed by atoms with van der Waals surface area (Å²) in [6, 6.07) is 16.0. The molecule has 1 aliphatic heterocycles. The number of rotatable bonds is 4. The molecule has 1 atom stereocenters. The number of hydrogen-bond donors (Lipinski definition) is 1. The number of fused-ring (bicyclic) bond motifs is 1. The number of halogens is 3. The standard InChI is InChI=1S/C25H14BrF2NO4/c26-15-3-10-19-14(11-15)12-20(33-19)23(30)21-22(13-1-4-16(27)5-2-13)29(25(32)24(21)31)18-8-6-17(28)7-9-18/h1-12,22,31H. The van der Waals surface area contributed by atoms with Crippen molar-refractivity contribution in [1.29, 1.82) is 0 Å². The number of benzene rings is 3. The molecule has 1 aromatic heterocycles. The predicted molar refractivity (Wildman–Crippen MR) is 121 cm³/mol. The van der Waals surface area contributed by atoms with Gasteiger partial charge in [-0.25, -0.2) is 8.78 Å². The van der Waals surface area contributed by atoms with Crippen LogP contribution in [0, 0.1) is 11.6 Å². The van der Waals surface area contributed by atoms with Crippen LogP contribution in [0.15, 0.2) is 93.0 Å². The highest BCUT2D eigenvalue weighted by atomic mass is 79.9. The molecule has 2 heterocycles. The topological polar surface area (TPSA) is 70.8 Å². The monoisotopic (exact) mass is 509 g/mol. The molecule has 0 spiro atoms. The molecule has 164 valence electrons. The van der Waals surface area contributed by atoms with E-state index in [0.29, 0.717) is 16.5 Å². The van der Waals surface area contributed by atoms with E-state index in [2.05, 4.69) is 15.9 Å². The summed E-state index contributed by atoms with van der Waals surface area (Å²) in [4.78, 5) is 27.7. The Balaban J connectivity index is 1.65. The van der Waals surface area contributed by atoms with Crippen molar-refractivity contribution in [3.05, 3.63) is 112 Å². The summed E-state index contributed by atoms with van der Waals surface area (Å²) < 4.78 is 33.6. The first-order chi connectivity index (χ1) is 15.8. The molecule has 1 amide bonds. The van der Waals surface area contributed by atoms with E-state index in [-0.39, 0.29) is 17.0 Å². The molecule has 0 aliphatic carbocycles. The second-order valence-electron chi connectivity index (χ2n) is 7.49. The summed E-state index contributed by atoms with van der Waals surface area (Å²) in [6.07, 6.45) is 0. The fraction of sp³-hybridized carbons (Fsp3) is 0.0400. The highest BCUT2D eigenvalue weighted by Gasteiger charge is 2.45. The molecular weight excluding hydrogens is 496 g/mol. The van der Waals surface area contributed by atoms with Crippen molar-refractivity contribution >= 4 is 44.3 Å². The Morgan fingerprint density at radius 3 is 2.24 bits per heavy atom. The van der Waals surface area contributed by atoms with Gasteiger partial charge in [-0.05, 0) is 66.2 Å². The van der Waals surface area contributed by atoms with E-state index in [1.54, 1.807) is 18.2 Å². The Bertz CT molecular complexity index is 1440. The quantitative estimate of drug-likeness (QED) is 0.329. The molecule has 8 heteroatoms. The van der Waals surface area contributed by atoms with Crippen LogP contribution < -0.4 is 4.90 Å². The van der Waals surface area contributed by atoms with Gasteiger partial charge in [-0.2, -0.15) is 0 Å². The van der Waals surface area contributed by atoms with Crippen LogP contribution in [0.2, 0.25) is 0 Å². The van der Waals surface area contributed by atoms with Crippen molar-refractivity contribution < 1.29 is 27.9 Å². The highest BCUT2D eigenvalue weighted by molar-refractivity contribution is 9.10. The lowest BCUT2D eigenvalue weighted by atomic mass is 9.94. The molecule has 1 N–H and O–H groups in total. The molecular formula is C25H14BrF2NO4. The number of amides is 1. The Labute approximate surface area is 194 Å². The van der Waals surface area contributed by atoms with E-state index in [1.165, 1.54) is 47.4 Å². The second kappa shape index (κ2) is 7.97. The molecule has 3 aromatic carbocycles. The Hall–Kier alpha value is -3.78. The fourth-order valence-corrected chi connectivity index (χ4v) is 4.30. The van der Waals surface area contributed by atoms with Gasteiger partial charge in [-0.15, -0.1) is 0 Å². The lowest BCUT2D eigenvalue weighted by molar-refractivity contribution is -0.117. The zero-order chi connectivity index (χ0) is 23.3. The summed E-state index contributed by atoms with van der Waals surface area (Å²) in [6.45, 7) is 0. The third-order valence-electron chi connectivity index (χ3n) is 5.45. The Kier molecular flexibility index (Phi) is 5.09. The number of hydrogen-bond acceptors (Lipinski definition) is 4. The van der Waals surface area contributed by atoms with Crippen molar-refractivity contribution in [1.82, 2.24) is 0 Å². The second-order valence-corrected chi connectivity index (χ2v) is 8.41. The number of carbonyl (C=O) groups is 2. The van der Waals surface area contributed by atoms with Gasteiger partial charge in [0.15, 0.2) is 11.5 Å². The van der Waals surface area contributed by atoms with E-state index in [4.69, 9.17) is 4.42 Å². The number of nitrogens with zero attached hydrogens (tertiary/aromatic N) is 1. The molecule has 0 fully saturated rings. The number of Topliss-reactive ketones (excluding diaryl/α,β-unsaturated/α-hetero) is 1. The zero-order valence-electron chi connectivity index (χ0n) is 16.8. The van der Waals surface area contributed by atoms with E-state index in [1.807, 2.05) is 0 Å². The molecule has 5 nitrogen and oxygen atoms in total. The van der Waals surface area contributed by atoms with Crippen LogP contribution in [0.5, 0.6) is 0 Å². The van der Waals surface area contributed by atoms with Gasteiger partial charge in [0.2, 0.25) is 5.78 Å². The van der Waals surface area contributed by atoms with E-state index in [9.17, 15) is 23.5 Å². The van der Waals surface area contributed by atoms with Crippen LogP contribution in [-0.2, 0) is 4.79 Å². The summed E-state index contributed by atoms with van der Waals surface area (Å²) in [7, 11) is 0. The number of furan rings is 1. The van der Waals surface area contributed by atoms with Gasteiger partial charge < -0.3 is 9.52 Å². The third kappa shape index (κ3) is 3.62. The zero-order valence-corrected chi connectivity index (χ0v) is 18.3. The average Bonchev–Trinajstić information content (AvgIpc) is 3.33. The number of carbonyl (C=O) groups excluding carboxylic acids is 2. The van der Waals surface area contributed by atoms with Gasteiger partial charge in [0.1, 0.15) is 17.2 Å². The molecule has 1 unspecified atom stereocenters. The van der Waals surface area contributed by atoms with Gasteiger partial charge in [0.25, 0.3) is 5.91 Å². The number of ketones is 1. The van der Waals surface area contributed by atoms with Crippen molar-refractivity contribution in [2.45, 2.75) is 6.04 Å². The average molecular weight is 510 g/mol. The maximum absolute atomic E-state index is 13.6. The normalized spacial score (nSPS) is 16.2. The maximum atomic E-state index is 13.6. The van der Waals surface area contributed by atoms with Crippen LogP contribution in [0.25, 0.3) is 11.0 Å². The van der Waals surface area contributed by atoms with Gasteiger partial charge >= 0.3 is 0 Å². The van der Waals surface area contributed by atoms with Gasteiger partial charge in [-0.3, -0.25) is 14.5 Å². The molecule has 1 aliphatic rings. The number of aliphatic hydroxyl groups excluding tert-OH is 1. The van der Waals surface area contributed by atoms with E-state index >= 15 is 0 Å². The first-order valence-corrected chi connectivity index (χ1v) is 10.6. The van der Waals surface area contributed by atoms with Crippen LogP contribution in [0.3, 0.4) is 0 Å². The summed E-state index contributed by atoms with van der Waals surface area (Å²) in [5.41, 5.74) is 0.896. The van der Waals surface area contributed by atoms with Crippen LogP contribution in [-0.4, -0.2) is 16.8 Å².